The molecule has 1 amide bonds. The van der Waals surface area contributed by atoms with Crippen LogP contribution in [0, 0.1) is 0 Å². The molecule has 0 aromatic heterocycles. The van der Waals surface area contributed by atoms with Crippen LogP contribution in [0.3, 0.4) is 0 Å². The highest BCUT2D eigenvalue weighted by Gasteiger charge is 2.17. The Bertz CT molecular complexity index is 534. The molecule has 26 heavy (non-hydrogen) atoms. The van der Waals surface area contributed by atoms with Crippen molar-refractivity contribution in [1.29, 1.82) is 0 Å². The molecule has 0 aliphatic rings. The molecular formula is C20H30N2O4. The van der Waals surface area contributed by atoms with E-state index < -0.39 is 0 Å². The predicted octanol–water partition coefficient (Wildman–Crippen LogP) is 2.36. The van der Waals surface area contributed by atoms with Crippen molar-refractivity contribution in [2.75, 3.05) is 13.6 Å². The minimum Gasteiger partial charge on any atom is -0.460 e. The summed E-state index contributed by atoms with van der Waals surface area (Å²) in [6, 6.07) is 9.25. The van der Waals surface area contributed by atoms with E-state index in [1.807, 2.05) is 30.3 Å². The fourth-order valence-electron chi connectivity index (χ4n) is 2.51. The van der Waals surface area contributed by atoms with E-state index in [1.54, 1.807) is 7.05 Å². The number of nitrogens with one attached hydrogen (secondary N) is 2. The average Bonchev–Trinajstić information content (AvgIpc) is 2.67. The fraction of sp³-hybridized carbons (Fsp3) is 0.550. The van der Waals surface area contributed by atoms with Crippen molar-refractivity contribution in [3.63, 3.8) is 0 Å². The van der Waals surface area contributed by atoms with Gasteiger partial charge in [0.25, 0.3) is 0 Å². The van der Waals surface area contributed by atoms with Crippen LogP contribution in [0.25, 0.3) is 0 Å². The summed E-state index contributed by atoms with van der Waals surface area (Å²) in [6.07, 6.45) is 5.63. The first-order chi connectivity index (χ1) is 12.7. The second-order valence-electron chi connectivity index (χ2n) is 6.19. The molecule has 1 unspecified atom stereocenters. The molecule has 1 aromatic carbocycles. The topological polar surface area (TPSA) is 84.5 Å². The molecule has 1 rings (SSSR count). The molecular weight excluding hydrogens is 332 g/mol. The van der Waals surface area contributed by atoms with E-state index in [4.69, 9.17) is 4.74 Å². The summed E-state index contributed by atoms with van der Waals surface area (Å²) in [5, 5.41) is 5.85. The molecule has 0 saturated heterocycles. The van der Waals surface area contributed by atoms with Crippen LogP contribution in [-0.2, 0) is 25.7 Å². The summed E-state index contributed by atoms with van der Waals surface area (Å²) in [7, 11) is 1.75. The van der Waals surface area contributed by atoms with Crippen LogP contribution < -0.4 is 10.6 Å². The van der Waals surface area contributed by atoms with Gasteiger partial charge in [0.05, 0.1) is 0 Å². The molecule has 0 spiro atoms. The molecule has 1 atom stereocenters. The molecule has 0 fully saturated rings. The van der Waals surface area contributed by atoms with E-state index in [0.29, 0.717) is 25.8 Å². The second-order valence-corrected chi connectivity index (χ2v) is 6.19. The largest absolute Gasteiger partial charge is 0.460 e. The van der Waals surface area contributed by atoms with Crippen LogP contribution >= 0.6 is 0 Å². The van der Waals surface area contributed by atoms with E-state index in [2.05, 4.69) is 10.6 Å². The Morgan fingerprint density at radius 1 is 1.12 bits per heavy atom. The standard InChI is InChI=1S/C20H30N2O4/c1-21-18(20(25)26-16-17-10-4-2-5-11-17)12-7-8-14-22-19(24)13-6-3-9-15-23/h2,4-5,10-11,15,18,21H,3,6-9,12-14,16H2,1H3,(H,22,24). The Hall–Kier alpha value is -2.21. The maximum atomic E-state index is 12.1. The lowest BCUT2D eigenvalue weighted by molar-refractivity contribution is -0.147. The molecule has 144 valence electrons. The number of ether oxygens (including phenoxy) is 1. The van der Waals surface area contributed by atoms with Gasteiger partial charge in [-0.05, 0) is 44.7 Å². The summed E-state index contributed by atoms with van der Waals surface area (Å²) in [6.45, 7) is 0.875. The van der Waals surface area contributed by atoms with Crippen LogP contribution in [0.2, 0.25) is 0 Å². The lowest BCUT2D eigenvalue weighted by atomic mass is 10.1. The predicted molar refractivity (Wildman–Crippen MR) is 100 cm³/mol. The van der Waals surface area contributed by atoms with Crippen molar-refractivity contribution < 1.29 is 19.1 Å². The number of hydrogen-bond donors (Lipinski definition) is 2. The van der Waals surface area contributed by atoms with Crippen molar-refractivity contribution in [3.05, 3.63) is 35.9 Å². The fourth-order valence-corrected chi connectivity index (χ4v) is 2.51. The van der Waals surface area contributed by atoms with Gasteiger partial charge < -0.3 is 20.2 Å². The first-order valence-electron chi connectivity index (χ1n) is 9.25. The van der Waals surface area contributed by atoms with Gasteiger partial charge in [0.1, 0.15) is 18.9 Å². The van der Waals surface area contributed by atoms with E-state index in [1.165, 1.54) is 0 Å². The van der Waals surface area contributed by atoms with E-state index in [9.17, 15) is 14.4 Å². The van der Waals surface area contributed by atoms with Gasteiger partial charge in [-0.25, -0.2) is 0 Å². The van der Waals surface area contributed by atoms with E-state index in [0.717, 1.165) is 37.5 Å². The van der Waals surface area contributed by atoms with Crippen molar-refractivity contribution in [2.45, 2.75) is 57.6 Å². The zero-order valence-corrected chi connectivity index (χ0v) is 15.5. The smallest absolute Gasteiger partial charge is 0.323 e. The van der Waals surface area contributed by atoms with Crippen molar-refractivity contribution in [2.24, 2.45) is 0 Å². The van der Waals surface area contributed by atoms with Gasteiger partial charge in [0.15, 0.2) is 0 Å². The average molecular weight is 362 g/mol. The van der Waals surface area contributed by atoms with E-state index >= 15 is 0 Å². The Kier molecular flexibility index (Phi) is 11.8. The van der Waals surface area contributed by atoms with Crippen molar-refractivity contribution in [3.8, 4) is 0 Å². The number of carbonyl (C=O) groups excluding carboxylic acids is 3. The zero-order chi connectivity index (χ0) is 19.0. The highest BCUT2D eigenvalue weighted by Crippen LogP contribution is 2.06. The van der Waals surface area contributed by atoms with Crippen LogP contribution in [-0.4, -0.2) is 37.8 Å². The number of amides is 1. The second kappa shape index (κ2) is 14.0. The molecule has 6 nitrogen and oxygen atoms in total. The molecule has 0 aliphatic carbocycles. The molecule has 1 aromatic rings. The van der Waals surface area contributed by atoms with Gasteiger partial charge in [0.2, 0.25) is 5.91 Å². The summed E-state index contributed by atoms with van der Waals surface area (Å²) < 4.78 is 5.34. The number of carbonyl (C=O) groups is 3. The summed E-state index contributed by atoms with van der Waals surface area (Å²) in [5.41, 5.74) is 0.964. The number of aldehydes is 1. The summed E-state index contributed by atoms with van der Waals surface area (Å²) in [5.74, 6) is -0.237. The van der Waals surface area contributed by atoms with Crippen LogP contribution in [0.4, 0.5) is 0 Å². The van der Waals surface area contributed by atoms with Gasteiger partial charge in [-0.2, -0.15) is 0 Å². The SMILES string of the molecule is CNC(CCCCNC(=O)CCCCC=O)C(=O)OCc1ccccc1. The quantitative estimate of drug-likeness (QED) is 0.301. The third-order valence-electron chi connectivity index (χ3n) is 4.07. The number of likely N-dealkylation sites (N-methyl/N-ethyl adjacent to an activating group) is 1. The van der Waals surface area contributed by atoms with Gasteiger partial charge in [0, 0.05) is 19.4 Å². The lowest BCUT2D eigenvalue weighted by Gasteiger charge is -2.15. The summed E-state index contributed by atoms with van der Waals surface area (Å²) in [4.78, 5) is 33.9. The summed E-state index contributed by atoms with van der Waals surface area (Å²) >= 11 is 0. The molecule has 0 bridgehead atoms. The van der Waals surface area contributed by atoms with Gasteiger partial charge >= 0.3 is 5.97 Å². The third-order valence-corrected chi connectivity index (χ3v) is 4.07. The van der Waals surface area contributed by atoms with Crippen LogP contribution in [0.15, 0.2) is 30.3 Å². The van der Waals surface area contributed by atoms with Crippen LogP contribution in [0.5, 0.6) is 0 Å². The molecule has 0 saturated carbocycles. The number of unbranched alkanes of at least 4 members (excludes halogenated alkanes) is 3. The van der Waals surface area contributed by atoms with E-state index in [-0.39, 0.29) is 24.5 Å². The van der Waals surface area contributed by atoms with Crippen molar-refractivity contribution >= 4 is 18.2 Å². The Balaban J connectivity index is 2.12. The molecule has 6 heteroatoms. The lowest BCUT2D eigenvalue weighted by Crippen LogP contribution is -2.35. The normalized spacial score (nSPS) is 11.6. The molecule has 0 heterocycles. The van der Waals surface area contributed by atoms with Gasteiger partial charge in [-0.15, -0.1) is 0 Å². The highest BCUT2D eigenvalue weighted by molar-refractivity contribution is 5.76. The minimum atomic E-state index is -0.335. The molecule has 2 N–H and O–H groups in total. The maximum Gasteiger partial charge on any atom is 0.323 e. The molecule has 0 radical (unpaired) electrons. The molecule has 0 aliphatic heterocycles. The Morgan fingerprint density at radius 3 is 2.58 bits per heavy atom. The number of hydrogen-bond acceptors (Lipinski definition) is 5. The van der Waals surface area contributed by atoms with Gasteiger partial charge in [-0.3, -0.25) is 9.59 Å². The number of rotatable bonds is 14. The zero-order valence-electron chi connectivity index (χ0n) is 15.5. The Morgan fingerprint density at radius 2 is 1.88 bits per heavy atom. The highest BCUT2D eigenvalue weighted by atomic mass is 16.5. The van der Waals surface area contributed by atoms with Crippen molar-refractivity contribution in [1.82, 2.24) is 10.6 Å². The third kappa shape index (κ3) is 9.93. The Labute approximate surface area is 155 Å². The van der Waals surface area contributed by atoms with Crippen LogP contribution in [0.1, 0.15) is 50.5 Å². The first kappa shape index (κ1) is 21.8. The first-order valence-corrected chi connectivity index (χ1v) is 9.25. The monoisotopic (exact) mass is 362 g/mol. The number of benzene rings is 1. The van der Waals surface area contributed by atoms with Gasteiger partial charge in [-0.1, -0.05) is 30.3 Å². The minimum absolute atomic E-state index is 0.0170. The maximum absolute atomic E-state index is 12.1. The number of esters is 1.